The van der Waals surface area contributed by atoms with Gasteiger partial charge in [0.1, 0.15) is 0 Å². The lowest BCUT2D eigenvalue weighted by molar-refractivity contribution is 0.107. The summed E-state index contributed by atoms with van der Waals surface area (Å²) >= 11 is 4.43. The maximum atomic E-state index is 13.4. The van der Waals surface area contributed by atoms with Gasteiger partial charge in [0, 0.05) is 10.6 Å². The maximum absolute atomic E-state index is 13.4. The smallest absolute Gasteiger partial charge is 0.150 e. The summed E-state index contributed by atoms with van der Waals surface area (Å²) in [6.45, 7) is 3.41. The minimum Gasteiger partial charge on any atom is -0.390 e. The zero-order valence-corrected chi connectivity index (χ0v) is 10.5. The highest BCUT2D eigenvalue weighted by molar-refractivity contribution is 9.10. The first-order valence-corrected chi connectivity index (χ1v) is 5.97. The Hall–Kier alpha value is -0.0600. The Morgan fingerprint density at radius 3 is 2.71 bits per heavy atom. The van der Waals surface area contributed by atoms with Crippen LogP contribution in [-0.2, 0) is 0 Å². The van der Waals surface area contributed by atoms with Gasteiger partial charge in [-0.1, -0.05) is 6.07 Å². The van der Waals surface area contributed by atoms with E-state index in [0.717, 1.165) is 0 Å². The predicted octanol–water partition coefficient (Wildman–Crippen LogP) is 3.45. The normalized spacial score (nSPS) is 11.8. The first-order chi connectivity index (χ1) is 6.40. The van der Waals surface area contributed by atoms with E-state index < -0.39 is 5.60 Å². The van der Waals surface area contributed by atoms with Crippen LogP contribution in [0.1, 0.15) is 13.8 Å². The largest absolute Gasteiger partial charge is 0.390 e. The quantitative estimate of drug-likeness (QED) is 0.855. The summed E-state index contributed by atoms with van der Waals surface area (Å²) in [5.74, 6) is 0.210. The predicted molar refractivity (Wildman–Crippen MR) is 61.1 cm³/mol. The van der Waals surface area contributed by atoms with E-state index in [4.69, 9.17) is 0 Å². The van der Waals surface area contributed by atoms with E-state index >= 15 is 0 Å². The van der Waals surface area contributed by atoms with Gasteiger partial charge in [0.15, 0.2) is 5.82 Å². The van der Waals surface area contributed by atoms with E-state index in [1.165, 1.54) is 11.8 Å². The number of benzene rings is 1. The van der Waals surface area contributed by atoms with Crippen LogP contribution in [0.25, 0.3) is 0 Å². The summed E-state index contributed by atoms with van der Waals surface area (Å²) in [7, 11) is 0. The number of hydrogen-bond donors (Lipinski definition) is 1. The van der Waals surface area contributed by atoms with Crippen LogP contribution in [0.5, 0.6) is 0 Å². The molecule has 0 heterocycles. The fraction of sp³-hybridized carbons (Fsp3) is 0.400. The fourth-order valence-electron chi connectivity index (χ4n) is 0.850. The Kier molecular flexibility index (Phi) is 3.98. The Labute approximate surface area is 95.8 Å². The van der Waals surface area contributed by atoms with Crippen LogP contribution >= 0.6 is 27.7 Å². The van der Waals surface area contributed by atoms with E-state index in [1.54, 1.807) is 32.0 Å². The molecule has 0 aliphatic carbocycles. The molecule has 1 aromatic rings. The first kappa shape index (κ1) is 12.0. The molecule has 0 spiro atoms. The van der Waals surface area contributed by atoms with Gasteiger partial charge in [0.05, 0.1) is 10.1 Å². The summed E-state index contributed by atoms with van der Waals surface area (Å²) in [5.41, 5.74) is -0.778. The third kappa shape index (κ3) is 3.59. The molecule has 1 rings (SSSR count). The zero-order chi connectivity index (χ0) is 10.8. The van der Waals surface area contributed by atoms with Gasteiger partial charge >= 0.3 is 0 Å². The standard InChI is InChI=1S/C10H12BrFOS/c1-10(2,13)6-14-8-5-3-4-7(11)9(8)12/h3-5,13H,6H2,1-2H3. The lowest BCUT2D eigenvalue weighted by atomic mass is 10.2. The zero-order valence-electron chi connectivity index (χ0n) is 8.05. The second-order valence-corrected chi connectivity index (χ2v) is 5.52. The molecule has 0 saturated carbocycles. The Morgan fingerprint density at radius 1 is 1.50 bits per heavy atom. The monoisotopic (exact) mass is 278 g/mol. The second kappa shape index (κ2) is 4.64. The van der Waals surface area contributed by atoms with Gasteiger partial charge in [-0.05, 0) is 41.9 Å². The highest BCUT2D eigenvalue weighted by Crippen LogP contribution is 2.28. The van der Waals surface area contributed by atoms with E-state index in [2.05, 4.69) is 15.9 Å². The second-order valence-electron chi connectivity index (χ2n) is 3.65. The highest BCUT2D eigenvalue weighted by atomic mass is 79.9. The molecule has 1 nitrogen and oxygen atoms in total. The van der Waals surface area contributed by atoms with E-state index in [9.17, 15) is 9.50 Å². The average Bonchev–Trinajstić information content (AvgIpc) is 2.06. The Balaban J connectivity index is 2.73. The molecule has 78 valence electrons. The van der Waals surface area contributed by atoms with Gasteiger partial charge in [-0.2, -0.15) is 0 Å². The van der Waals surface area contributed by atoms with Gasteiger partial charge in [0.2, 0.25) is 0 Å². The molecule has 1 N–H and O–H groups in total. The Morgan fingerprint density at radius 2 is 2.14 bits per heavy atom. The van der Waals surface area contributed by atoms with E-state index in [-0.39, 0.29) is 5.82 Å². The van der Waals surface area contributed by atoms with Gasteiger partial charge in [-0.3, -0.25) is 0 Å². The molecule has 0 aromatic heterocycles. The topological polar surface area (TPSA) is 20.2 Å². The minimum atomic E-state index is -0.778. The van der Waals surface area contributed by atoms with Crippen LogP contribution in [0.2, 0.25) is 0 Å². The molecule has 0 amide bonds. The average molecular weight is 279 g/mol. The number of thioether (sulfide) groups is 1. The lowest BCUT2D eigenvalue weighted by Crippen LogP contribution is -2.21. The van der Waals surface area contributed by atoms with Crippen molar-refractivity contribution in [3.63, 3.8) is 0 Å². The van der Waals surface area contributed by atoms with Gasteiger partial charge < -0.3 is 5.11 Å². The third-order valence-corrected chi connectivity index (χ3v) is 3.59. The molecule has 4 heteroatoms. The van der Waals surface area contributed by atoms with Crippen molar-refractivity contribution in [1.29, 1.82) is 0 Å². The van der Waals surface area contributed by atoms with Crippen LogP contribution in [0.4, 0.5) is 4.39 Å². The molecular formula is C10H12BrFOS. The lowest BCUT2D eigenvalue weighted by Gasteiger charge is -2.16. The maximum Gasteiger partial charge on any atom is 0.150 e. The number of rotatable bonds is 3. The van der Waals surface area contributed by atoms with Crippen LogP contribution in [0.15, 0.2) is 27.6 Å². The van der Waals surface area contributed by atoms with Crippen molar-refractivity contribution < 1.29 is 9.50 Å². The summed E-state index contributed by atoms with van der Waals surface area (Å²) in [4.78, 5) is 0.557. The molecule has 0 radical (unpaired) electrons. The van der Waals surface area contributed by atoms with Gasteiger partial charge in [-0.15, -0.1) is 11.8 Å². The highest BCUT2D eigenvalue weighted by Gasteiger charge is 2.15. The van der Waals surface area contributed by atoms with E-state index in [0.29, 0.717) is 15.1 Å². The molecule has 0 fully saturated rings. The van der Waals surface area contributed by atoms with Crippen molar-refractivity contribution in [2.24, 2.45) is 0 Å². The van der Waals surface area contributed by atoms with Crippen molar-refractivity contribution in [3.8, 4) is 0 Å². The minimum absolute atomic E-state index is 0.262. The van der Waals surface area contributed by atoms with Gasteiger partial charge in [-0.25, -0.2) is 4.39 Å². The van der Waals surface area contributed by atoms with Crippen molar-refractivity contribution in [3.05, 3.63) is 28.5 Å². The summed E-state index contributed by atoms with van der Waals surface area (Å²) in [6, 6.07) is 5.14. The molecule has 0 aliphatic rings. The number of halogens is 2. The number of hydrogen-bond acceptors (Lipinski definition) is 2. The molecule has 1 aromatic carbocycles. The molecule has 0 bridgehead atoms. The molecule has 0 unspecified atom stereocenters. The summed E-state index contributed by atoms with van der Waals surface area (Å²) < 4.78 is 13.9. The van der Waals surface area contributed by atoms with Crippen LogP contribution in [0.3, 0.4) is 0 Å². The molecule has 0 saturated heterocycles. The number of aliphatic hydroxyl groups is 1. The molecule has 0 atom stereocenters. The molecular weight excluding hydrogens is 267 g/mol. The van der Waals surface area contributed by atoms with Crippen LogP contribution in [0, 0.1) is 5.82 Å². The Bertz CT molecular complexity index is 322. The summed E-state index contributed by atoms with van der Waals surface area (Å²) in [6.07, 6.45) is 0. The SMILES string of the molecule is CC(C)(O)CSc1cccc(Br)c1F. The van der Waals surface area contributed by atoms with E-state index in [1.807, 2.05) is 0 Å². The van der Waals surface area contributed by atoms with Crippen LogP contribution in [-0.4, -0.2) is 16.5 Å². The van der Waals surface area contributed by atoms with Crippen LogP contribution < -0.4 is 0 Å². The molecule has 14 heavy (non-hydrogen) atoms. The molecule has 0 aliphatic heterocycles. The van der Waals surface area contributed by atoms with Gasteiger partial charge in [0.25, 0.3) is 0 Å². The summed E-state index contributed by atoms with van der Waals surface area (Å²) in [5, 5.41) is 9.48. The first-order valence-electron chi connectivity index (χ1n) is 4.19. The third-order valence-electron chi connectivity index (χ3n) is 1.50. The van der Waals surface area contributed by atoms with Crippen molar-refractivity contribution >= 4 is 27.7 Å². The van der Waals surface area contributed by atoms with Crippen molar-refractivity contribution in [2.75, 3.05) is 5.75 Å². The fourth-order valence-corrected chi connectivity index (χ4v) is 2.27. The van der Waals surface area contributed by atoms with Crippen molar-refractivity contribution in [1.82, 2.24) is 0 Å². The van der Waals surface area contributed by atoms with Crippen molar-refractivity contribution in [2.45, 2.75) is 24.3 Å².